The molecule has 1 N–H and O–H groups in total. The van der Waals surface area contributed by atoms with E-state index in [1.165, 1.54) is 35.3 Å². The number of rotatable bonds is 5. The number of anilines is 1. The van der Waals surface area contributed by atoms with Gasteiger partial charge in [-0.25, -0.2) is 8.42 Å². The fraction of sp³-hybridized carbons (Fsp3) is 0.684. The van der Waals surface area contributed by atoms with Gasteiger partial charge in [0.15, 0.2) is 0 Å². The summed E-state index contributed by atoms with van der Waals surface area (Å²) in [6.45, 7) is 1.58. The van der Waals surface area contributed by atoms with Crippen LogP contribution in [0.15, 0.2) is 23.1 Å². The Morgan fingerprint density at radius 1 is 1.18 bits per heavy atom. The fourth-order valence-electron chi connectivity index (χ4n) is 4.76. The lowest BCUT2D eigenvalue weighted by molar-refractivity contribution is -0.385. The molecule has 154 valence electrons. The quantitative estimate of drug-likeness (QED) is 0.591. The molecule has 4 rings (SSSR count). The number of nitrogens with zero attached hydrogens (tertiary/aromatic N) is 2. The van der Waals surface area contributed by atoms with Crippen molar-refractivity contribution in [2.45, 2.75) is 67.9 Å². The van der Waals surface area contributed by atoms with Crippen molar-refractivity contribution in [3.05, 3.63) is 28.3 Å². The zero-order valence-corrected chi connectivity index (χ0v) is 16.7. The molecule has 3 aliphatic rings. The molecule has 3 fully saturated rings. The Morgan fingerprint density at radius 2 is 1.89 bits per heavy atom. The fourth-order valence-corrected chi connectivity index (χ4v) is 6.46. The number of sulfonamides is 1. The first-order chi connectivity index (χ1) is 13.4. The van der Waals surface area contributed by atoms with E-state index in [0.717, 1.165) is 38.5 Å². The normalized spacial score (nSPS) is 25.2. The Hall–Kier alpha value is -1.71. The maximum absolute atomic E-state index is 13.2. The number of benzene rings is 1. The molecule has 28 heavy (non-hydrogen) atoms. The van der Waals surface area contributed by atoms with Gasteiger partial charge in [-0.3, -0.25) is 10.1 Å². The minimum absolute atomic E-state index is 0.00978. The maximum Gasteiger partial charge on any atom is 0.270 e. The third kappa shape index (κ3) is 3.75. The third-order valence-corrected chi connectivity index (χ3v) is 8.16. The zero-order valence-electron chi connectivity index (χ0n) is 15.9. The molecule has 0 radical (unpaired) electrons. The topological polar surface area (TPSA) is 102 Å². The summed E-state index contributed by atoms with van der Waals surface area (Å²) in [4.78, 5) is 10.7. The number of nitro groups is 1. The Balaban J connectivity index is 1.63. The molecule has 2 heterocycles. The minimum atomic E-state index is -3.77. The van der Waals surface area contributed by atoms with Gasteiger partial charge in [0.1, 0.15) is 4.90 Å². The van der Waals surface area contributed by atoms with Gasteiger partial charge in [-0.2, -0.15) is 4.31 Å². The summed E-state index contributed by atoms with van der Waals surface area (Å²) >= 11 is 0. The molecular formula is C19H27N3O5S. The summed E-state index contributed by atoms with van der Waals surface area (Å²) in [5.41, 5.74) is 0.158. The molecule has 1 aromatic rings. The van der Waals surface area contributed by atoms with E-state index in [0.29, 0.717) is 25.4 Å². The zero-order chi connectivity index (χ0) is 19.8. The van der Waals surface area contributed by atoms with Crippen LogP contribution in [0.1, 0.15) is 51.4 Å². The van der Waals surface area contributed by atoms with Crippen LogP contribution in [-0.4, -0.2) is 49.0 Å². The molecule has 0 aromatic heterocycles. The van der Waals surface area contributed by atoms with Gasteiger partial charge in [-0.15, -0.1) is 0 Å². The van der Waals surface area contributed by atoms with Crippen molar-refractivity contribution >= 4 is 21.4 Å². The van der Waals surface area contributed by atoms with E-state index in [-0.39, 0.29) is 22.2 Å². The van der Waals surface area contributed by atoms with Gasteiger partial charge in [0.2, 0.25) is 10.0 Å². The second-order valence-electron chi connectivity index (χ2n) is 8.12. The standard InChI is InChI=1S/C19H27N3O5S/c23-22(24)16-5-6-17(18(13-16)28(25,26)21-10-3-4-11-21)20-15-7-12-27-19(14-15)8-1-2-9-19/h5-6,13,15,20H,1-4,7-12,14H2. The molecule has 2 aliphatic heterocycles. The Kier molecular flexibility index (Phi) is 5.32. The molecule has 2 saturated heterocycles. The van der Waals surface area contributed by atoms with Crippen molar-refractivity contribution < 1.29 is 18.1 Å². The highest BCUT2D eigenvalue weighted by atomic mass is 32.2. The van der Waals surface area contributed by atoms with Crippen LogP contribution in [-0.2, 0) is 14.8 Å². The van der Waals surface area contributed by atoms with Crippen LogP contribution >= 0.6 is 0 Å². The molecule has 0 bridgehead atoms. The molecular weight excluding hydrogens is 382 g/mol. The van der Waals surface area contributed by atoms with Crippen molar-refractivity contribution in [3.8, 4) is 0 Å². The lowest BCUT2D eigenvalue weighted by Crippen LogP contribution is -2.42. The Labute approximate surface area is 165 Å². The van der Waals surface area contributed by atoms with E-state index in [9.17, 15) is 18.5 Å². The van der Waals surface area contributed by atoms with E-state index in [4.69, 9.17) is 4.74 Å². The highest BCUT2D eigenvalue weighted by Crippen LogP contribution is 2.41. The summed E-state index contributed by atoms with van der Waals surface area (Å²) in [7, 11) is -3.77. The predicted molar refractivity (Wildman–Crippen MR) is 105 cm³/mol. The van der Waals surface area contributed by atoms with Crippen molar-refractivity contribution in [1.82, 2.24) is 4.31 Å². The summed E-state index contributed by atoms with van der Waals surface area (Å²) in [6, 6.07) is 4.20. The first kappa shape index (κ1) is 19.6. The summed E-state index contributed by atoms with van der Waals surface area (Å²) in [5, 5.41) is 14.6. The molecule has 0 amide bonds. The number of nitrogens with one attached hydrogen (secondary N) is 1. The van der Waals surface area contributed by atoms with E-state index in [1.807, 2.05) is 0 Å². The maximum atomic E-state index is 13.2. The molecule has 1 aromatic carbocycles. The number of hydrogen-bond acceptors (Lipinski definition) is 6. The summed E-state index contributed by atoms with van der Waals surface area (Å²) < 4.78 is 33.8. The smallest absolute Gasteiger partial charge is 0.270 e. The van der Waals surface area contributed by atoms with Crippen LogP contribution < -0.4 is 5.32 Å². The first-order valence-corrected chi connectivity index (χ1v) is 11.5. The Morgan fingerprint density at radius 3 is 2.57 bits per heavy atom. The number of nitro benzene ring substituents is 1. The molecule has 1 spiro atoms. The number of ether oxygens (including phenoxy) is 1. The van der Waals surface area contributed by atoms with Gasteiger partial charge < -0.3 is 10.1 Å². The van der Waals surface area contributed by atoms with E-state index >= 15 is 0 Å². The van der Waals surface area contributed by atoms with Crippen molar-refractivity contribution in [2.75, 3.05) is 25.0 Å². The highest BCUT2D eigenvalue weighted by Gasteiger charge is 2.40. The van der Waals surface area contributed by atoms with Gasteiger partial charge in [-0.05, 0) is 44.6 Å². The number of hydrogen-bond donors (Lipinski definition) is 1. The lowest BCUT2D eigenvalue weighted by Gasteiger charge is -2.39. The number of non-ortho nitro benzene ring substituents is 1. The van der Waals surface area contributed by atoms with Crippen LogP contribution in [0.25, 0.3) is 0 Å². The lowest BCUT2D eigenvalue weighted by atomic mass is 9.89. The summed E-state index contributed by atoms with van der Waals surface area (Å²) in [5.74, 6) is 0. The van der Waals surface area contributed by atoms with Crippen molar-refractivity contribution in [2.24, 2.45) is 0 Å². The highest BCUT2D eigenvalue weighted by molar-refractivity contribution is 7.89. The van der Waals surface area contributed by atoms with E-state index < -0.39 is 14.9 Å². The van der Waals surface area contributed by atoms with Gasteiger partial charge in [-0.1, -0.05) is 12.8 Å². The monoisotopic (exact) mass is 409 g/mol. The van der Waals surface area contributed by atoms with Crippen LogP contribution in [0.2, 0.25) is 0 Å². The summed E-state index contributed by atoms with van der Waals surface area (Å²) in [6.07, 6.45) is 7.69. The van der Waals surface area contributed by atoms with Gasteiger partial charge >= 0.3 is 0 Å². The van der Waals surface area contributed by atoms with Crippen LogP contribution in [0.4, 0.5) is 11.4 Å². The predicted octanol–water partition coefficient (Wildman–Crippen LogP) is 3.28. The van der Waals surface area contributed by atoms with Gasteiger partial charge in [0.25, 0.3) is 5.69 Å². The minimum Gasteiger partial charge on any atom is -0.381 e. The average Bonchev–Trinajstić information content (AvgIpc) is 3.35. The van der Waals surface area contributed by atoms with E-state index in [1.54, 1.807) is 0 Å². The third-order valence-electron chi connectivity index (χ3n) is 6.23. The second-order valence-corrected chi connectivity index (χ2v) is 10.0. The largest absolute Gasteiger partial charge is 0.381 e. The van der Waals surface area contributed by atoms with E-state index in [2.05, 4.69) is 5.32 Å². The second kappa shape index (κ2) is 7.61. The molecule has 1 aliphatic carbocycles. The first-order valence-electron chi connectivity index (χ1n) is 10.1. The molecule has 1 unspecified atom stereocenters. The molecule has 9 heteroatoms. The van der Waals surface area contributed by atoms with Crippen LogP contribution in [0, 0.1) is 10.1 Å². The van der Waals surface area contributed by atoms with Crippen molar-refractivity contribution in [3.63, 3.8) is 0 Å². The molecule has 1 saturated carbocycles. The molecule has 1 atom stereocenters. The van der Waals surface area contributed by atoms with Crippen molar-refractivity contribution in [1.29, 1.82) is 0 Å². The van der Waals surface area contributed by atoms with Gasteiger partial charge in [0.05, 0.1) is 16.2 Å². The molecule has 8 nitrogen and oxygen atoms in total. The van der Waals surface area contributed by atoms with Gasteiger partial charge in [0, 0.05) is 37.9 Å². The Bertz CT molecular complexity index is 845. The SMILES string of the molecule is O=[N+]([O-])c1ccc(NC2CCOC3(CCCC3)C2)c(S(=O)(=O)N2CCCC2)c1. The van der Waals surface area contributed by atoms with Crippen LogP contribution in [0.3, 0.4) is 0 Å². The van der Waals surface area contributed by atoms with Crippen LogP contribution in [0.5, 0.6) is 0 Å². The average molecular weight is 410 g/mol.